The molecule has 1 amide bonds. The van der Waals surface area contributed by atoms with Crippen molar-refractivity contribution in [1.29, 1.82) is 0 Å². The molecule has 3 heteroatoms. The van der Waals surface area contributed by atoms with Gasteiger partial charge in [-0.15, -0.1) is 0 Å². The summed E-state index contributed by atoms with van der Waals surface area (Å²) in [6.07, 6.45) is 0. The monoisotopic (exact) mass is 276 g/mol. The summed E-state index contributed by atoms with van der Waals surface area (Å²) in [6.45, 7) is 0.425. The van der Waals surface area contributed by atoms with Crippen LogP contribution in [0, 0.1) is 0 Å². The predicted molar refractivity (Wildman–Crippen MR) is 86.0 cm³/mol. The van der Waals surface area contributed by atoms with Gasteiger partial charge in [0.25, 0.3) is 5.91 Å². The molecule has 0 aliphatic heterocycles. The summed E-state index contributed by atoms with van der Waals surface area (Å²) in [6, 6.07) is 21.1. The zero-order valence-corrected chi connectivity index (χ0v) is 11.5. The Kier molecular flexibility index (Phi) is 3.56. The number of anilines is 1. The first-order valence-corrected chi connectivity index (χ1v) is 6.85. The SMILES string of the molecule is Nc1ccccc1CNC(=O)c1cccc2ccccc12. The van der Waals surface area contributed by atoms with E-state index in [1.54, 1.807) is 0 Å². The van der Waals surface area contributed by atoms with Crippen LogP contribution < -0.4 is 11.1 Å². The number of nitrogen functional groups attached to an aromatic ring is 1. The van der Waals surface area contributed by atoms with Gasteiger partial charge in [0, 0.05) is 17.8 Å². The van der Waals surface area contributed by atoms with Gasteiger partial charge in [-0.25, -0.2) is 0 Å². The molecule has 104 valence electrons. The molecule has 0 bridgehead atoms. The Morgan fingerprint density at radius 1 is 0.905 bits per heavy atom. The Bertz CT molecular complexity index is 791. The van der Waals surface area contributed by atoms with Gasteiger partial charge in [0.1, 0.15) is 0 Å². The van der Waals surface area contributed by atoms with Gasteiger partial charge in [-0.2, -0.15) is 0 Å². The summed E-state index contributed by atoms with van der Waals surface area (Å²) >= 11 is 0. The molecule has 3 nitrogen and oxygen atoms in total. The number of para-hydroxylation sites is 1. The summed E-state index contributed by atoms with van der Waals surface area (Å²) < 4.78 is 0. The summed E-state index contributed by atoms with van der Waals surface area (Å²) in [5.41, 5.74) is 8.18. The van der Waals surface area contributed by atoms with E-state index in [0.29, 0.717) is 17.8 Å². The number of benzene rings is 3. The summed E-state index contributed by atoms with van der Waals surface area (Å²) in [5.74, 6) is -0.0879. The third-order valence-electron chi connectivity index (χ3n) is 3.53. The molecule has 21 heavy (non-hydrogen) atoms. The van der Waals surface area contributed by atoms with Crippen LogP contribution in [0.5, 0.6) is 0 Å². The number of fused-ring (bicyclic) bond motifs is 1. The number of hydrogen-bond acceptors (Lipinski definition) is 2. The molecule has 0 spiro atoms. The lowest BCUT2D eigenvalue weighted by Crippen LogP contribution is -2.23. The van der Waals surface area contributed by atoms with Crippen molar-refractivity contribution >= 4 is 22.4 Å². The molecule has 0 saturated heterocycles. The lowest BCUT2D eigenvalue weighted by molar-refractivity contribution is 0.0952. The Morgan fingerprint density at radius 2 is 1.62 bits per heavy atom. The summed E-state index contributed by atoms with van der Waals surface area (Å²) in [5, 5.41) is 4.95. The van der Waals surface area contributed by atoms with E-state index in [1.165, 1.54) is 0 Å². The first-order valence-electron chi connectivity index (χ1n) is 6.85. The Labute approximate surface area is 123 Å². The van der Waals surface area contributed by atoms with E-state index in [4.69, 9.17) is 5.73 Å². The maximum absolute atomic E-state index is 12.4. The number of hydrogen-bond donors (Lipinski definition) is 2. The lowest BCUT2D eigenvalue weighted by atomic mass is 10.0. The van der Waals surface area contributed by atoms with Crippen molar-refractivity contribution in [3.8, 4) is 0 Å². The van der Waals surface area contributed by atoms with E-state index in [-0.39, 0.29) is 5.91 Å². The molecule has 0 aliphatic carbocycles. The number of nitrogens with two attached hydrogens (primary N) is 1. The fourth-order valence-corrected chi connectivity index (χ4v) is 2.39. The average molecular weight is 276 g/mol. The highest BCUT2D eigenvalue weighted by Gasteiger charge is 2.09. The number of rotatable bonds is 3. The van der Waals surface area contributed by atoms with Crippen LogP contribution in [-0.4, -0.2) is 5.91 Å². The van der Waals surface area contributed by atoms with Crippen LogP contribution in [0.25, 0.3) is 10.8 Å². The standard InChI is InChI=1S/C18H16N2O/c19-17-11-4-2-7-14(17)12-20-18(21)16-10-5-8-13-6-1-3-9-15(13)16/h1-11H,12,19H2,(H,20,21). The second-order valence-corrected chi connectivity index (χ2v) is 4.91. The second-order valence-electron chi connectivity index (χ2n) is 4.91. The zero-order chi connectivity index (χ0) is 14.7. The van der Waals surface area contributed by atoms with Gasteiger partial charge >= 0.3 is 0 Å². The Morgan fingerprint density at radius 3 is 2.48 bits per heavy atom. The smallest absolute Gasteiger partial charge is 0.252 e. The van der Waals surface area contributed by atoms with Crippen molar-refractivity contribution in [2.75, 3.05) is 5.73 Å². The minimum absolute atomic E-state index is 0.0879. The molecule has 0 aromatic heterocycles. The zero-order valence-electron chi connectivity index (χ0n) is 11.5. The van der Waals surface area contributed by atoms with Crippen LogP contribution >= 0.6 is 0 Å². The average Bonchev–Trinajstić information content (AvgIpc) is 2.53. The van der Waals surface area contributed by atoms with E-state index in [2.05, 4.69) is 5.32 Å². The van der Waals surface area contributed by atoms with Gasteiger partial charge in [-0.3, -0.25) is 4.79 Å². The number of carbonyl (C=O) groups excluding carboxylic acids is 1. The highest BCUT2D eigenvalue weighted by atomic mass is 16.1. The third kappa shape index (κ3) is 2.72. The van der Waals surface area contributed by atoms with Gasteiger partial charge in [-0.1, -0.05) is 54.6 Å². The highest BCUT2D eigenvalue weighted by Crippen LogP contribution is 2.18. The number of amides is 1. The highest BCUT2D eigenvalue weighted by molar-refractivity contribution is 6.06. The van der Waals surface area contributed by atoms with E-state index < -0.39 is 0 Å². The molecule has 0 fully saturated rings. The van der Waals surface area contributed by atoms with Crippen LogP contribution in [0.3, 0.4) is 0 Å². The summed E-state index contributed by atoms with van der Waals surface area (Å²) in [4.78, 5) is 12.4. The minimum atomic E-state index is -0.0879. The first kappa shape index (κ1) is 13.2. The summed E-state index contributed by atoms with van der Waals surface area (Å²) in [7, 11) is 0. The van der Waals surface area contributed by atoms with Crippen LogP contribution in [0.15, 0.2) is 66.7 Å². The topological polar surface area (TPSA) is 55.1 Å². The molecule has 3 rings (SSSR count). The lowest BCUT2D eigenvalue weighted by Gasteiger charge is -2.09. The fourth-order valence-electron chi connectivity index (χ4n) is 2.39. The number of carbonyl (C=O) groups is 1. The fraction of sp³-hybridized carbons (Fsp3) is 0.0556. The predicted octanol–water partition coefficient (Wildman–Crippen LogP) is 3.35. The van der Waals surface area contributed by atoms with Crippen molar-refractivity contribution in [2.24, 2.45) is 0 Å². The van der Waals surface area contributed by atoms with E-state index in [0.717, 1.165) is 16.3 Å². The first-order chi connectivity index (χ1) is 10.3. The minimum Gasteiger partial charge on any atom is -0.398 e. The van der Waals surface area contributed by atoms with Crippen molar-refractivity contribution in [3.05, 3.63) is 77.9 Å². The van der Waals surface area contributed by atoms with Gasteiger partial charge in [0.2, 0.25) is 0 Å². The largest absolute Gasteiger partial charge is 0.398 e. The van der Waals surface area contributed by atoms with E-state index in [9.17, 15) is 4.79 Å². The van der Waals surface area contributed by atoms with Gasteiger partial charge in [0.15, 0.2) is 0 Å². The second kappa shape index (κ2) is 5.67. The molecule has 0 saturated carbocycles. The van der Waals surface area contributed by atoms with Gasteiger partial charge in [0.05, 0.1) is 0 Å². The molecule has 0 aliphatic rings. The normalized spacial score (nSPS) is 10.5. The molecule has 0 unspecified atom stereocenters. The molecule has 3 aromatic carbocycles. The van der Waals surface area contributed by atoms with Gasteiger partial charge < -0.3 is 11.1 Å². The van der Waals surface area contributed by atoms with Gasteiger partial charge in [-0.05, 0) is 28.5 Å². The van der Waals surface area contributed by atoms with Crippen LogP contribution in [-0.2, 0) is 6.54 Å². The molecular weight excluding hydrogens is 260 g/mol. The third-order valence-corrected chi connectivity index (χ3v) is 3.53. The molecule has 0 atom stereocenters. The van der Waals surface area contributed by atoms with E-state index in [1.807, 2.05) is 66.7 Å². The van der Waals surface area contributed by atoms with Crippen molar-refractivity contribution in [1.82, 2.24) is 5.32 Å². The van der Waals surface area contributed by atoms with Crippen molar-refractivity contribution in [2.45, 2.75) is 6.54 Å². The Hall–Kier alpha value is -2.81. The molecule has 0 radical (unpaired) electrons. The van der Waals surface area contributed by atoms with Crippen molar-refractivity contribution < 1.29 is 4.79 Å². The molecule has 3 aromatic rings. The molecule has 3 N–H and O–H groups in total. The molecular formula is C18H16N2O. The van der Waals surface area contributed by atoms with E-state index >= 15 is 0 Å². The number of nitrogens with one attached hydrogen (secondary N) is 1. The maximum atomic E-state index is 12.4. The van der Waals surface area contributed by atoms with Crippen molar-refractivity contribution in [3.63, 3.8) is 0 Å². The Balaban J connectivity index is 1.83. The van der Waals surface area contributed by atoms with Crippen LogP contribution in [0.1, 0.15) is 15.9 Å². The maximum Gasteiger partial charge on any atom is 0.252 e. The quantitative estimate of drug-likeness (QED) is 0.721. The molecule has 0 heterocycles. The van der Waals surface area contributed by atoms with Crippen LogP contribution in [0.4, 0.5) is 5.69 Å². The van der Waals surface area contributed by atoms with Crippen LogP contribution in [0.2, 0.25) is 0 Å².